The van der Waals surface area contributed by atoms with Gasteiger partial charge in [-0.1, -0.05) is 18.6 Å². The zero-order valence-corrected chi connectivity index (χ0v) is 31.3. The molecule has 2 aromatic rings. The van der Waals surface area contributed by atoms with Crippen molar-refractivity contribution in [3.63, 3.8) is 0 Å². The number of hydrogen-bond acceptors (Lipinski definition) is 9. The lowest BCUT2D eigenvalue weighted by atomic mass is 9.56. The van der Waals surface area contributed by atoms with Gasteiger partial charge in [-0.3, -0.25) is 9.69 Å². The molecule has 52 heavy (non-hydrogen) atoms. The summed E-state index contributed by atoms with van der Waals surface area (Å²) in [4.78, 5) is 19.6. The smallest absolute Gasteiger partial charge is 0.305 e. The van der Waals surface area contributed by atoms with Crippen LogP contribution in [0.2, 0.25) is 0 Å². The second-order valence-corrected chi connectivity index (χ2v) is 18.1. The van der Waals surface area contributed by atoms with Crippen molar-refractivity contribution in [2.24, 2.45) is 23.7 Å². The molecule has 5 fully saturated rings. The van der Waals surface area contributed by atoms with Gasteiger partial charge >= 0.3 is 5.97 Å². The zero-order valence-electron chi connectivity index (χ0n) is 30.5. The van der Waals surface area contributed by atoms with Crippen LogP contribution in [0.15, 0.2) is 53.4 Å². The van der Waals surface area contributed by atoms with E-state index in [2.05, 4.69) is 15.9 Å². The van der Waals surface area contributed by atoms with Crippen LogP contribution >= 0.6 is 0 Å². The molecule has 0 amide bonds. The van der Waals surface area contributed by atoms with Gasteiger partial charge in [-0.05, 0) is 118 Å². The van der Waals surface area contributed by atoms with Gasteiger partial charge in [0.25, 0.3) is 0 Å². The van der Waals surface area contributed by atoms with Crippen molar-refractivity contribution < 1.29 is 36.2 Å². The summed E-state index contributed by atoms with van der Waals surface area (Å²) < 4.78 is 73.4. The highest BCUT2D eigenvalue weighted by molar-refractivity contribution is 7.91. The molecule has 4 heterocycles. The predicted molar refractivity (Wildman–Crippen MR) is 195 cm³/mol. The SMILES string of the molecule is COC(=O)C[C@H]1CCC[C@@H]1[C@](CN1CCC1)(c1cccc(F)c1)C1CCN(CC2(F)CN(c3ccc(S(=O)(=O)CC4COCCOC4)cc3)C2)CC1. The van der Waals surface area contributed by atoms with Crippen molar-refractivity contribution in [3.8, 4) is 0 Å². The second kappa shape index (κ2) is 16.0. The first-order valence-corrected chi connectivity index (χ1v) is 20.9. The number of halogens is 2. The third kappa shape index (κ3) is 8.21. The molecule has 0 radical (unpaired) electrons. The third-order valence-electron chi connectivity index (χ3n) is 12.6. The fraction of sp³-hybridized carbons (Fsp3) is 0.675. The van der Waals surface area contributed by atoms with Crippen LogP contribution in [0.3, 0.4) is 0 Å². The van der Waals surface area contributed by atoms with Gasteiger partial charge < -0.3 is 24.0 Å². The lowest BCUT2D eigenvalue weighted by molar-refractivity contribution is -0.142. The highest BCUT2D eigenvalue weighted by Crippen LogP contribution is 2.54. The molecule has 9 nitrogen and oxygen atoms in total. The number of esters is 1. The highest BCUT2D eigenvalue weighted by Gasteiger charge is 2.53. The van der Waals surface area contributed by atoms with Gasteiger partial charge in [-0.2, -0.15) is 0 Å². The van der Waals surface area contributed by atoms with E-state index in [1.54, 1.807) is 30.3 Å². The third-order valence-corrected chi connectivity index (χ3v) is 14.5. The van der Waals surface area contributed by atoms with Crippen molar-refractivity contribution in [1.29, 1.82) is 0 Å². The number of rotatable bonds is 13. The zero-order chi connectivity index (χ0) is 36.3. The van der Waals surface area contributed by atoms with Gasteiger partial charge in [0, 0.05) is 36.5 Å². The lowest BCUT2D eigenvalue weighted by Crippen LogP contribution is -2.64. The van der Waals surface area contributed by atoms with Gasteiger partial charge in [0.1, 0.15) is 5.82 Å². The van der Waals surface area contributed by atoms with E-state index in [-0.39, 0.29) is 64.6 Å². The Bertz CT molecular complexity index is 1620. The molecule has 7 rings (SSSR count). The maximum absolute atomic E-state index is 16.2. The summed E-state index contributed by atoms with van der Waals surface area (Å²) in [5, 5.41) is 0. The van der Waals surface area contributed by atoms with E-state index in [0.717, 1.165) is 76.1 Å². The Morgan fingerprint density at radius 2 is 1.65 bits per heavy atom. The monoisotopic (exact) mass is 743 g/mol. The Morgan fingerprint density at radius 3 is 2.29 bits per heavy atom. The molecular formula is C40H55F2N3O6S. The van der Waals surface area contributed by atoms with E-state index in [0.29, 0.717) is 39.4 Å². The lowest BCUT2D eigenvalue weighted by Gasteiger charge is -2.54. The van der Waals surface area contributed by atoms with Crippen LogP contribution in [0.5, 0.6) is 0 Å². The molecule has 12 heteroatoms. The summed E-state index contributed by atoms with van der Waals surface area (Å²) in [5.74, 6) is 0.0599. The Balaban J connectivity index is 0.999. The summed E-state index contributed by atoms with van der Waals surface area (Å²) in [7, 11) is -2.05. The van der Waals surface area contributed by atoms with E-state index in [4.69, 9.17) is 14.2 Å². The molecule has 0 bridgehead atoms. The number of nitrogens with zero attached hydrogens (tertiary/aromatic N) is 3. The minimum atomic E-state index is -3.51. The molecule has 3 atom stereocenters. The minimum Gasteiger partial charge on any atom is -0.469 e. The quantitative estimate of drug-likeness (QED) is 0.260. The molecule has 1 aliphatic carbocycles. The summed E-state index contributed by atoms with van der Waals surface area (Å²) >= 11 is 0. The predicted octanol–water partition coefficient (Wildman–Crippen LogP) is 5.13. The van der Waals surface area contributed by atoms with Crippen LogP contribution in [-0.4, -0.2) is 122 Å². The summed E-state index contributed by atoms with van der Waals surface area (Å²) in [6, 6.07) is 14.0. The van der Waals surface area contributed by atoms with E-state index in [1.807, 2.05) is 11.0 Å². The molecule has 0 aromatic heterocycles. The van der Waals surface area contributed by atoms with E-state index < -0.39 is 15.5 Å². The average molecular weight is 744 g/mol. The Kier molecular flexibility index (Phi) is 11.6. The summed E-state index contributed by atoms with van der Waals surface area (Å²) in [6.45, 7) is 7.03. The maximum atomic E-state index is 16.2. The molecule has 0 spiro atoms. The molecular weight excluding hydrogens is 689 g/mol. The minimum absolute atomic E-state index is 0.0311. The molecule has 4 saturated heterocycles. The van der Waals surface area contributed by atoms with Crippen LogP contribution in [0, 0.1) is 29.5 Å². The fourth-order valence-electron chi connectivity index (χ4n) is 10.00. The van der Waals surface area contributed by atoms with Crippen LogP contribution < -0.4 is 4.90 Å². The number of sulfone groups is 1. The van der Waals surface area contributed by atoms with Crippen molar-refractivity contribution in [2.75, 3.05) is 96.5 Å². The molecule has 286 valence electrons. The number of carbonyl (C=O) groups is 1. The van der Waals surface area contributed by atoms with Crippen LogP contribution in [0.4, 0.5) is 14.5 Å². The number of piperidine rings is 1. The number of likely N-dealkylation sites (tertiary alicyclic amines) is 2. The molecule has 2 aromatic carbocycles. The number of ether oxygens (including phenoxy) is 3. The Morgan fingerprint density at radius 1 is 0.942 bits per heavy atom. The van der Waals surface area contributed by atoms with Crippen molar-refractivity contribution in [2.45, 2.75) is 60.9 Å². The van der Waals surface area contributed by atoms with Gasteiger partial charge in [0.15, 0.2) is 15.5 Å². The number of benzene rings is 2. The van der Waals surface area contributed by atoms with E-state index in [9.17, 15) is 17.6 Å². The molecule has 0 unspecified atom stereocenters. The number of anilines is 1. The largest absolute Gasteiger partial charge is 0.469 e. The van der Waals surface area contributed by atoms with E-state index >= 15 is 4.39 Å². The van der Waals surface area contributed by atoms with Crippen molar-refractivity contribution in [1.82, 2.24) is 9.80 Å². The van der Waals surface area contributed by atoms with Gasteiger partial charge in [0.05, 0.1) is 57.3 Å². The number of hydrogen-bond donors (Lipinski definition) is 0. The number of methoxy groups -OCH3 is 1. The van der Waals surface area contributed by atoms with Gasteiger partial charge in [0.2, 0.25) is 0 Å². The first kappa shape index (κ1) is 37.7. The van der Waals surface area contributed by atoms with Gasteiger partial charge in [-0.25, -0.2) is 17.2 Å². The van der Waals surface area contributed by atoms with Crippen LogP contribution in [-0.2, 0) is 34.3 Å². The second-order valence-electron chi connectivity index (χ2n) is 16.1. The van der Waals surface area contributed by atoms with Crippen molar-refractivity contribution >= 4 is 21.5 Å². The standard InChI is InChI=1S/C40H55F2N3O6S/c1-49-38(46)21-31-5-2-8-37(31)40(29-43-15-4-16-43,33-6-3-7-34(41)22-33)32-13-17-44(18-14-32)26-39(42)27-45(28-39)35-9-11-36(12-10-35)52(47,48)25-30-23-50-19-20-51-24-30/h3,6-7,9-12,22,30-32,37H,2,4-5,8,13-21,23-29H2,1H3/t31-,37+,40+/m1/s1. The molecule has 5 aliphatic rings. The molecule has 4 aliphatic heterocycles. The normalized spacial score (nSPS) is 26.2. The van der Waals surface area contributed by atoms with Crippen LogP contribution in [0.1, 0.15) is 50.5 Å². The maximum Gasteiger partial charge on any atom is 0.305 e. The molecule has 1 saturated carbocycles. The van der Waals surface area contributed by atoms with Crippen LogP contribution in [0.25, 0.3) is 0 Å². The first-order chi connectivity index (χ1) is 25.1. The average Bonchev–Trinajstić information content (AvgIpc) is 3.41. The first-order valence-electron chi connectivity index (χ1n) is 19.3. The summed E-state index contributed by atoms with van der Waals surface area (Å²) in [6.07, 6.45) is 6.36. The van der Waals surface area contributed by atoms with Crippen molar-refractivity contribution in [3.05, 3.63) is 59.9 Å². The number of carbonyl (C=O) groups excluding carboxylic acids is 1. The topological polar surface area (TPSA) is 88.6 Å². The highest BCUT2D eigenvalue weighted by atomic mass is 32.2. The Labute approximate surface area is 307 Å². The summed E-state index contributed by atoms with van der Waals surface area (Å²) in [5.41, 5.74) is 0.200. The molecule has 0 N–H and O–H groups in total. The number of alkyl halides is 1. The van der Waals surface area contributed by atoms with Gasteiger partial charge in [-0.15, -0.1) is 0 Å². The van der Waals surface area contributed by atoms with E-state index in [1.165, 1.54) is 19.6 Å². The Hall–Kier alpha value is -2.64. The fourth-order valence-corrected chi connectivity index (χ4v) is 11.6.